The Morgan fingerprint density at radius 1 is 1.35 bits per heavy atom. The monoisotopic (exact) mass is 279 g/mol. The molecular formula is C15H21NO4. The number of amides is 1. The van der Waals surface area contributed by atoms with Gasteiger partial charge in [0.25, 0.3) is 0 Å². The number of carbonyl (C=O) groups excluding carboxylic acids is 1. The first kappa shape index (κ1) is 16.0. The van der Waals surface area contributed by atoms with Crippen LogP contribution in [0.4, 0.5) is 5.69 Å². The Labute approximate surface area is 118 Å². The molecule has 1 atom stereocenters. The van der Waals surface area contributed by atoms with Crippen molar-refractivity contribution in [1.82, 2.24) is 0 Å². The second-order valence-corrected chi connectivity index (χ2v) is 4.87. The van der Waals surface area contributed by atoms with Crippen molar-refractivity contribution >= 4 is 17.6 Å². The van der Waals surface area contributed by atoms with Gasteiger partial charge in [0, 0.05) is 18.5 Å². The lowest BCUT2D eigenvalue weighted by molar-refractivity contribution is -0.138. The van der Waals surface area contributed by atoms with Gasteiger partial charge >= 0.3 is 5.97 Å². The number of aryl methyl sites for hydroxylation is 1. The SMILES string of the molecule is CCOc1ccc(NC(=O)CC(C)CC(=O)O)c(C)c1. The first-order chi connectivity index (χ1) is 9.42. The highest BCUT2D eigenvalue weighted by atomic mass is 16.5. The average Bonchev–Trinajstić information content (AvgIpc) is 2.31. The van der Waals surface area contributed by atoms with E-state index in [1.165, 1.54) is 0 Å². The molecule has 110 valence electrons. The fourth-order valence-corrected chi connectivity index (χ4v) is 1.92. The van der Waals surface area contributed by atoms with E-state index >= 15 is 0 Å². The average molecular weight is 279 g/mol. The van der Waals surface area contributed by atoms with Crippen molar-refractivity contribution < 1.29 is 19.4 Å². The molecule has 0 fully saturated rings. The third-order valence-corrected chi connectivity index (χ3v) is 2.84. The molecule has 1 rings (SSSR count). The topological polar surface area (TPSA) is 75.6 Å². The third-order valence-electron chi connectivity index (χ3n) is 2.84. The molecule has 0 bridgehead atoms. The minimum atomic E-state index is -0.887. The Balaban J connectivity index is 2.59. The van der Waals surface area contributed by atoms with Crippen molar-refractivity contribution in [2.45, 2.75) is 33.6 Å². The largest absolute Gasteiger partial charge is 0.494 e. The summed E-state index contributed by atoms with van der Waals surface area (Å²) in [5.74, 6) is -0.480. The lowest BCUT2D eigenvalue weighted by Crippen LogP contribution is -2.17. The van der Waals surface area contributed by atoms with Gasteiger partial charge in [0.2, 0.25) is 5.91 Å². The van der Waals surface area contributed by atoms with E-state index in [2.05, 4.69) is 5.32 Å². The number of aliphatic carboxylic acids is 1. The van der Waals surface area contributed by atoms with E-state index in [4.69, 9.17) is 9.84 Å². The molecule has 0 saturated heterocycles. The Morgan fingerprint density at radius 2 is 2.05 bits per heavy atom. The molecule has 5 heteroatoms. The van der Waals surface area contributed by atoms with E-state index in [-0.39, 0.29) is 24.7 Å². The molecule has 0 spiro atoms. The molecule has 0 aliphatic rings. The number of ether oxygens (including phenoxy) is 1. The molecule has 0 radical (unpaired) electrons. The Kier molecular flexibility index (Phi) is 6.03. The van der Waals surface area contributed by atoms with Crippen LogP contribution in [0.5, 0.6) is 5.75 Å². The van der Waals surface area contributed by atoms with Crippen LogP contribution in [0.1, 0.15) is 32.3 Å². The van der Waals surface area contributed by atoms with E-state index in [1.54, 1.807) is 19.1 Å². The second kappa shape index (κ2) is 7.53. The fraction of sp³-hybridized carbons (Fsp3) is 0.467. The zero-order valence-corrected chi connectivity index (χ0v) is 12.1. The van der Waals surface area contributed by atoms with Crippen LogP contribution in [-0.4, -0.2) is 23.6 Å². The minimum Gasteiger partial charge on any atom is -0.494 e. The lowest BCUT2D eigenvalue weighted by Gasteiger charge is -2.12. The van der Waals surface area contributed by atoms with Crippen molar-refractivity contribution in [3.05, 3.63) is 23.8 Å². The number of anilines is 1. The second-order valence-electron chi connectivity index (χ2n) is 4.87. The van der Waals surface area contributed by atoms with E-state index < -0.39 is 5.97 Å². The summed E-state index contributed by atoms with van der Waals surface area (Å²) in [5, 5.41) is 11.5. The van der Waals surface area contributed by atoms with Gasteiger partial charge in [-0.25, -0.2) is 0 Å². The molecule has 1 amide bonds. The maximum absolute atomic E-state index is 11.8. The first-order valence-corrected chi connectivity index (χ1v) is 6.67. The van der Waals surface area contributed by atoms with Gasteiger partial charge in [-0.05, 0) is 43.5 Å². The lowest BCUT2D eigenvalue weighted by atomic mass is 10.0. The van der Waals surface area contributed by atoms with Gasteiger partial charge in [-0.2, -0.15) is 0 Å². The molecular weight excluding hydrogens is 258 g/mol. The summed E-state index contributed by atoms with van der Waals surface area (Å²) in [4.78, 5) is 22.4. The third kappa shape index (κ3) is 5.30. The van der Waals surface area contributed by atoms with Gasteiger partial charge in [-0.15, -0.1) is 0 Å². The van der Waals surface area contributed by atoms with E-state index in [9.17, 15) is 9.59 Å². The van der Waals surface area contributed by atoms with Crippen LogP contribution in [0.2, 0.25) is 0 Å². The highest BCUT2D eigenvalue weighted by molar-refractivity contribution is 5.91. The van der Waals surface area contributed by atoms with Crippen LogP contribution in [0, 0.1) is 12.8 Å². The fourth-order valence-electron chi connectivity index (χ4n) is 1.92. The molecule has 1 aromatic rings. The maximum atomic E-state index is 11.8. The van der Waals surface area contributed by atoms with Crippen LogP contribution >= 0.6 is 0 Å². The number of benzene rings is 1. The molecule has 2 N–H and O–H groups in total. The first-order valence-electron chi connectivity index (χ1n) is 6.67. The summed E-state index contributed by atoms with van der Waals surface area (Å²) < 4.78 is 5.38. The Hall–Kier alpha value is -2.04. The highest BCUT2D eigenvalue weighted by Crippen LogP contribution is 2.22. The predicted molar refractivity (Wildman–Crippen MR) is 77.0 cm³/mol. The number of hydrogen-bond donors (Lipinski definition) is 2. The molecule has 0 saturated carbocycles. The maximum Gasteiger partial charge on any atom is 0.303 e. The normalized spacial score (nSPS) is 11.8. The number of carboxylic acids is 1. The molecule has 1 unspecified atom stereocenters. The Morgan fingerprint density at radius 3 is 2.60 bits per heavy atom. The summed E-state index contributed by atoms with van der Waals surface area (Å²) in [7, 11) is 0. The van der Waals surface area contributed by atoms with E-state index in [0.717, 1.165) is 17.0 Å². The number of carbonyl (C=O) groups is 2. The zero-order chi connectivity index (χ0) is 15.1. The summed E-state index contributed by atoms with van der Waals surface area (Å²) >= 11 is 0. The van der Waals surface area contributed by atoms with Crippen LogP contribution in [0.15, 0.2) is 18.2 Å². The number of rotatable bonds is 7. The standard InChI is InChI=1S/C15H21NO4/c1-4-20-12-5-6-13(11(3)9-12)16-14(17)7-10(2)8-15(18)19/h5-6,9-10H,4,7-8H2,1-3H3,(H,16,17)(H,18,19). The van der Waals surface area contributed by atoms with Gasteiger partial charge < -0.3 is 15.2 Å². The van der Waals surface area contributed by atoms with Crippen LogP contribution in [-0.2, 0) is 9.59 Å². The smallest absolute Gasteiger partial charge is 0.303 e. The number of nitrogens with one attached hydrogen (secondary N) is 1. The summed E-state index contributed by atoms with van der Waals surface area (Å²) in [6.07, 6.45) is 0.189. The van der Waals surface area contributed by atoms with Gasteiger partial charge in [0.1, 0.15) is 5.75 Å². The molecule has 0 aromatic heterocycles. The van der Waals surface area contributed by atoms with Crippen molar-refractivity contribution in [2.24, 2.45) is 5.92 Å². The quantitative estimate of drug-likeness (QED) is 0.804. The van der Waals surface area contributed by atoms with Crippen molar-refractivity contribution in [3.8, 4) is 5.75 Å². The van der Waals surface area contributed by atoms with Crippen molar-refractivity contribution in [3.63, 3.8) is 0 Å². The van der Waals surface area contributed by atoms with Gasteiger partial charge in [0.05, 0.1) is 6.61 Å². The molecule has 0 aliphatic carbocycles. The van der Waals surface area contributed by atoms with Gasteiger partial charge in [0.15, 0.2) is 0 Å². The molecule has 5 nitrogen and oxygen atoms in total. The van der Waals surface area contributed by atoms with E-state index in [0.29, 0.717) is 6.61 Å². The summed E-state index contributed by atoms with van der Waals surface area (Å²) in [6, 6.07) is 5.45. The van der Waals surface area contributed by atoms with Crippen LogP contribution in [0.3, 0.4) is 0 Å². The van der Waals surface area contributed by atoms with Crippen molar-refractivity contribution in [2.75, 3.05) is 11.9 Å². The molecule has 0 aliphatic heterocycles. The predicted octanol–water partition coefficient (Wildman–Crippen LogP) is 2.83. The van der Waals surface area contributed by atoms with E-state index in [1.807, 2.05) is 19.9 Å². The van der Waals surface area contributed by atoms with Gasteiger partial charge in [-0.3, -0.25) is 9.59 Å². The number of hydrogen-bond acceptors (Lipinski definition) is 3. The molecule has 0 heterocycles. The van der Waals surface area contributed by atoms with Crippen LogP contribution < -0.4 is 10.1 Å². The summed E-state index contributed by atoms with van der Waals surface area (Å²) in [6.45, 7) is 6.14. The van der Waals surface area contributed by atoms with Gasteiger partial charge in [-0.1, -0.05) is 6.92 Å². The summed E-state index contributed by atoms with van der Waals surface area (Å²) in [5.41, 5.74) is 1.64. The molecule has 20 heavy (non-hydrogen) atoms. The Bertz CT molecular complexity index is 485. The van der Waals surface area contributed by atoms with Crippen molar-refractivity contribution in [1.29, 1.82) is 0 Å². The highest BCUT2D eigenvalue weighted by Gasteiger charge is 2.13. The van der Waals surface area contributed by atoms with Crippen LogP contribution in [0.25, 0.3) is 0 Å². The minimum absolute atomic E-state index is 0.00429. The number of carboxylic acid groups (broad SMARTS) is 1. The molecule has 1 aromatic carbocycles. The zero-order valence-electron chi connectivity index (χ0n) is 12.1.